The Morgan fingerprint density at radius 1 is 0.292 bits per heavy atom. The highest BCUT2D eigenvalue weighted by molar-refractivity contribution is 5.08. The lowest BCUT2D eigenvalue weighted by Crippen LogP contribution is -2.61. The molecule has 0 aromatic rings. The van der Waals surface area contributed by atoms with Crippen LogP contribution in [0.5, 0.6) is 0 Å². The zero-order chi connectivity index (χ0) is 33.7. The molecule has 0 spiro atoms. The van der Waals surface area contributed by atoms with Crippen molar-refractivity contribution in [2.24, 2.45) is 69.5 Å². The molecule has 8 nitrogen and oxygen atoms in total. The molecule has 5 aliphatic heterocycles. The minimum atomic E-state index is 0.344. The van der Waals surface area contributed by atoms with Crippen LogP contribution in [0.15, 0.2) is 0 Å². The number of hydrogen-bond donors (Lipinski definition) is 8. The number of rotatable bonds is 0. The lowest BCUT2D eigenvalue weighted by molar-refractivity contribution is 0.0748. The Bertz CT molecular complexity index is 1140. The third-order valence-electron chi connectivity index (χ3n) is 15.8. The standard InChI is InChI=1S/C40H74N8/c1-38(2,3)21-11-14-25-27(18-21)35-43-31-17-16-30(41-31)42-32-24-13-10-22(39(4,5)6)19-28(24)36(44-32)47-34-26-15-12-23(40(7,8)9)20-29(26)37(48-34)46-33(25)45-35/h21-37,41-48H,10-20H2,1-9H3. The Morgan fingerprint density at radius 2 is 0.562 bits per heavy atom. The minimum absolute atomic E-state index is 0.344. The predicted octanol–water partition coefficient (Wildman–Crippen LogP) is 5.40. The fourth-order valence-electron chi connectivity index (χ4n) is 12.6. The van der Waals surface area contributed by atoms with E-state index < -0.39 is 0 Å². The summed E-state index contributed by atoms with van der Waals surface area (Å²) in [6, 6.07) is 0. The summed E-state index contributed by atoms with van der Waals surface area (Å²) >= 11 is 0. The van der Waals surface area contributed by atoms with Crippen molar-refractivity contribution in [1.29, 1.82) is 0 Å². The molecule has 0 radical (unpaired) electrons. The first kappa shape index (κ1) is 34.7. The molecule has 5 heterocycles. The fraction of sp³-hybridized carbons (Fsp3) is 1.00. The van der Waals surface area contributed by atoms with Gasteiger partial charge in [0.2, 0.25) is 0 Å². The van der Waals surface area contributed by atoms with Crippen LogP contribution >= 0.6 is 0 Å². The largest absolute Gasteiger partial charge is 0.286 e. The smallest absolute Gasteiger partial charge is 0.0628 e. The fourth-order valence-corrected chi connectivity index (χ4v) is 12.6. The van der Waals surface area contributed by atoms with Gasteiger partial charge in [0.05, 0.1) is 49.3 Å². The van der Waals surface area contributed by atoms with Gasteiger partial charge in [0, 0.05) is 0 Å². The summed E-state index contributed by atoms with van der Waals surface area (Å²) in [5.41, 5.74) is 1.11. The first-order valence-corrected chi connectivity index (χ1v) is 20.7. The number of nitrogens with one attached hydrogen (secondary N) is 8. The lowest BCUT2D eigenvalue weighted by atomic mass is 9.64. The van der Waals surface area contributed by atoms with Gasteiger partial charge in [0.15, 0.2) is 0 Å². The van der Waals surface area contributed by atoms with Gasteiger partial charge in [0.25, 0.3) is 0 Å². The maximum absolute atomic E-state index is 4.36. The zero-order valence-electron chi connectivity index (χ0n) is 32.1. The molecule has 17 unspecified atom stereocenters. The molecular weight excluding hydrogens is 592 g/mol. The van der Waals surface area contributed by atoms with Crippen LogP contribution in [-0.2, 0) is 0 Å². The maximum Gasteiger partial charge on any atom is 0.0628 e. The van der Waals surface area contributed by atoms with Crippen LogP contribution < -0.4 is 42.5 Å². The molecule has 48 heavy (non-hydrogen) atoms. The summed E-state index contributed by atoms with van der Waals surface area (Å²) in [5.74, 6) is 6.40. The van der Waals surface area contributed by atoms with Gasteiger partial charge in [-0.2, -0.15) is 0 Å². The van der Waals surface area contributed by atoms with Gasteiger partial charge in [-0.25, -0.2) is 0 Å². The summed E-state index contributed by atoms with van der Waals surface area (Å²) in [6.07, 6.45) is 17.3. The molecule has 8 heteroatoms. The van der Waals surface area contributed by atoms with E-state index in [1.54, 1.807) is 0 Å². The number of fused-ring (bicyclic) bond motifs is 17. The van der Waals surface area contributed by atoms with Crippen LogP contribution in [0.1, 0.15) is 133 Å². The third-order valence-corrected chi connectivity index (χ3v) is 15.8. The van der Waals surface area contributed by atoms with E-state index in [4.69, 9.17) is 0 Å². The topological polar surface area (TPSA) is 96.2 Å². The summed E-state index contributed by atoms with van der Waals surface area (Å²) in [5, 5.41) is 33.8. The summed E-state index contributed by atoms with van der Waals surface area (Å²) in [6.45, 7) is 22.3. The molecular formula is C40H74N8. The minimum Gasteiger partial charge on any atom is -0.286 e. The molecule has 3 aliphatic carbocycles. The molecule has 0 aromatic heterocycles. The summed E-state index contributed by atoms with van der Waals surface area (Å²) in [7, 11) is 0. The first-order chi connectivity index (χ1) is 22.6. The van der Waals surface area contributed by atoms with E-state index in [0.717, 1.165) is 17.8 Å². The van der Waals surface area contributed by atoms with E-state index in [9.17, 15) is 0 Å². The van der Waals surface area contributed by atoms with Crippen molar-refractivity contribution in [1.82, 2.24) is 42.5 Å². The molecule has 8 N–H and O–H groups in total. The van der Waals surface area contributed by atoms with Crippen molar-refractivity contribution in [2.75, 3.05) is 0 Å². The maximum atomic E-state index is 4.36. The molecule has 5 saturated heterocycles. The highest BCUT2D eigenvalue weighted by Crippen LogP contribution is 2.51. The Balaban J connectivity index is 1.10. The monoisotopic (exact) mass is 667 g/mol. The second-order valence-corrected chi connectivity index (χ2v) is 21.5. The zero-order valence-corrected chi connectivity index (χ0v) is 32.1. The average molecular weight is 667 g/mol. The summed E-state index contributed by atoms with van der Waals surface area (Å²) < 4.78 is 0. The van der Waals surface area contributed by atoms with Crippen LogP contribution in [0.3, 0.4) is 0 Å². The Morgan fingerprint density at radius 3 is 0.875 bits per heavy atom. The molecule has 8 bridgehead atoms. The first-order valence-electron chi connectivity index (χ1n) is 20.7. The van der Waals surface area contributed by atoms with Crippen molar-refractivity contribution < 1.29 is 0 Å². The van der Waals surface area contributed by atoms with Gasteiger partial charge >= 0.3 is 0 Å². The normalized spacial score (nSPS) is 51.3. The second kappa shape index (κ2) is 12.7. The van der Waals surface area contributed by atoms with E-state index in [1.165, 1.54) is 70.6 Å². The van der Waals surface area contributed by atoms with Gasteiger partial charge in [0.1, 0.15) is 0 Å². The molecule has 0 aromatic carbocycles. The van der Waals surface area contributed by atoms with Gasteiger partial charge in [-0.3, -0.25) is 42.5 Å². The Hall–Kier alpha value is -0.320. The van der Waals surface area contributed by atoms with Gasteiger partial charge in [-0.15, -0.1) is 0 Å². The molecule has 8 fully saturated rings. The molecule has 8 rings (SSSR count). The molecule has 274 valence electrons. The van der Waals surface area contributed by atoms with Crippen molar-refractivity contribution >= 4 is 0 Å². The van der Waals surface area contributed by atoms with Gasteiger partial charge in [-0.1, -0.05) is 62.3 Å². The Labute approximate surface area is 293 Å². The van der Waals surface area contributed by atoms with Crippen molar-refractivity contribution in [3.8, 4) is 0 Å². The lowest BCUT2D eigenvalue weighted by Gasteiger charge is -2.43. The average Bonchev–Trinajstić information content (AvgIpc) is 3.77. The van der Waals surface area contributed by atoms with Gasteiger partial charge < -0.3 is 0 Å². The van der Waals surface area contributed by atoms with Crippen LogP contribution in [0.4, 0.5) is 0 Å². The van der Waals surface area contributed by atoms with Crippen molar-refractivity contribution in [3.63, 3.8) is 0 Å². The Kier molecular flexibility index (Phi) is 9.17. The van der Waals surface area contributed by atoms with Crippen molar-refractivity contribution in [3.05, 3.63) is 0 Å². The van der Waals surface area contributed by atoms with Crippen LogP contribution in [0.25, 0.3) is 0 Å². The highest BCUT2D eigenvalue weighted by atomic mass is 15.4. The van der Waals surface area contributed by atoms with E-state index in [1.807, 2.05) is 0 Å². The van der Waals surface area contributed by atoms with E-state index >= 15 is 0 Å². The summed E-state index contributed by atoms with van der Waals surface area (Å²) in [4.78, 5) is 0. The van der Waals surface area contributed by atoms with E-state index in [-0.39, 0.29) is 0 Å². The SMILES string of the molecule is CC(C)(C)C1CCC2C3NC(NC4CCC(N4)NC4NC(NC5NC(N3)C3CC(C(C)(C)C)CCC53)C3CC(C(C)(C)C)CCC43)C2C1. The van der Waals surface area contributed by atoms with Crippen molar-refractivity contribution in [2.45, 2.75) is 182 Å². The van der Waals surface area contributed by atoms with Gasteiger partial charge in [-0.05, 0) is 140 Å². The highest BCUT2D eigenvalue weighted by Gasteiger charge is 2.55. The second-order valence-electron chi connectivity index (χ2n) is 21.5. The van der Waals surface area contributed by atoms with Crippen LogP contribution in [0.2, 0.25) is 0 Å². The van der Waals surface area contributed by atoms with E-state index in [0.29, 0.717) is 101 Å². The molecule has 17 atom stereocenters. The van der Waals surface area contributed by atoms with Crippen LogP contribution in [0, 0.1) is 69.5 Å². The third kappa shape index (κ3) is 6.58. The quantitative estimate of drug-likeness (QED) is 0.174. The number of hydrogen-bond acceptors (Lipinski definition) is 8. The molecule has 8 aliphatic rings. The predicted molar refractivity (Wildman–Crippen MR) is 196 cm³/mol. The van der Waals surface area contributed by atoms with E-state index in [2.05, 4.69) is 105 Å². The molecule has 3 saturated carbocycles. The molecule has 0 amide bonds. The van der Waals surface area contributed by atoms with Crippen LogP contribution in [-0.4, -0.2) is 49.3 Å².